The van der Waals surface area contributed by atoms with Crippen LogP contribution in [0, 0.1) is 19.7 Å². The second kappa shape index (κ2) is 9.26. The van der Waals surface area contributed by atoms with Crippen LogP contribution in [0.1, 0.15) is 17.5 Å². The number of rotatable bonds is 8. The molecule has 160 valence electrons. The van der Waals surface area contributed by atoms with Crippen LogP contribution in [-0.4, -0.2) is 33.6 Å². The van der Waals surface area contributed by atoms with Gasteiger partial charge in [0.15, 0.2) is 23.3 Å². The fourth-order valence-electron chi connectivity index (χ4n) is 3.42. The number of amides is 1. The first-order valence-corrected chi connectivity index (χ1v) is 10.8. The maximum atomic E-state index is 13.9. The van der Waals surface area contributed by atoms with Gasteiger partial charge in [0.1, 0.15) is 0 Å². The van der Waals surface area contributed by atoms with E-state index >= 15 is 0 Å². The molecule has 8 heteroatoms. The molecule has 0 N–H and O–H groups in total. The largest absolute Gasteiger partial charge is 0.481 e. The summed E-state index contributed by atoms with van der Waals surface area (Å²) in [6.07, 6.45) is 6.08. The van der Waals surface area contributed by atoms with Crippen LogP contribution < -0.4 is 9.64 Å². The third-order valence-electron chi connectivity index (χ3n) is 4.89. The highest BCUT2D eigenvalue weighted by molar-refractivity contribution is 7.22. The van der Waals surface area contributed by atoms with E-state index in [2.05, 4.69) is 11.1 Å². The zero-order chi connectivity index (χ0) is 21.8. The molecule has 2 heterocycles. The predicted octanol–water partition coefficient (Wildman–Crippen LogP) is 4.75. The van der Waals surface area contributed by atoms with Crippen LogP contribution in [0.25, 0.3) is 10.2 Å². The molecule has 0 unspecified atom stereocenters. The topological polar surface area (TPSA) is 60.2 Å². The molecular formula is C23H23FN4O2S. The number of aromatic nitrogens is 3. The van der Waals surface area contributed by atoms with Gasteiger partial charge in [0.2, 0.25) is 0 Å². The molecule has 1 amide bonds. The monoisotopic (exact) mass is 438 g/mol. The van der Waals surface area contributed by atoms with Crippen molar-refractivity contribution in [1.82, 2.24) is 14.5 Å². The summed E-state index contributed by atoms with van der Waals surface area (Å²) in [5, 5.41) is 0.622. The van der Waals surface area contributed by atoms with E-state index in [0.717, 1.165) is 34.3 Å². The molecule has 0 spiro atoms. The molecular weight excluding hydrogens is 415 g/mol. The van der Waals surface area contributed by atoms with Gasteiger partial charge in [0.05, 0.1) is 16.5 Å². The number of halogens is 1. The quantitative estimate of drug-likeness (QED) is 0.398. The molecule has 0 atom stereocenters. The molecule has 0 aliphatic carbocycles. The number of fused-ring (bicyclic) bond motifs is 1. The van der Waals surface area contributed by atoms with E-state index in [1.807, 2.05) is 30.7 Å². The smallest absolute Gasteiger partial charge is 0.266 e. The minimum Gasteiger partial charge on any atom is -0.481 e. The van der Waals surface area contributed by atoms with E-state index in [4.69, 9.17) is 9.72 Å². The fraction of sp³-hybridized carbons (Fsp3) is 0.261. The molecule has 2 aromatic carbocycles. The van der Waals surface area contributed by atoms with Crippen LogP contribution in [-0.2, 0) is 11.3 Å². The number of hydrogen-bond donors (Lipinski definition) is 0. The zero-order valence-electron chi connectivity index (χ0n) is 17.4. The number of hydrogen-bond acceptors (Lipinski definition) is 5. The van der Waals surface area contributed by atoms with Gasteiger partial charge >= 0.3 is 0 Å². The van der Waals surface area contributed by atoms with E-state index < -0.39 is 5.82 Å². The van der Waals surface area contributed by atoms with Crippen molar-refractivity contribution in [1.29, 1.82) is 0 Å². The van der Waals surface area contributed by atoms with Gasteiger partial charge in [-0.3, -0.25) is 9.69 Å². The lowest BCUT2D eigenvalue weighted by molar-refractivity contribution is -0.120. The first kappa shape index (κ1) is 21.0. The fourth-order valence-corrected chi connectivity index (χ4v) is 4.48. The van der Waals surface area contributed by atoms with Crippen LogP contribution >= 0.6 is 11.3 Å². The van der Waals surface area contributed by atoms with E-state index in [0.29, 0.717) is 11.7 Å². The summed E-state index contributed by atoms with van der Waals surface area (Å²) >= 11 is 1.49. The molecule has 0 aliphatic heterocycles. The molecule has 0 radical (unpaired) electrons. The molecule has 4 rings (SSSR count). The highest BCUT2D eigenvalue weighted by Gasteiger charge is 2.21. The van der Waals surface area contributed by atoms with Crippen LogP contribution in [0.4, 0.5) is 9.52 Å². The number of para-hydroxylation sites is 1. The number of nitrogens with zero attached hydrogens (tertiary/aromatic N) is 4. The number of aryl methyl sites for hydroxylation is 3. The Morgan fingerprint density at radius 1 is 1.26 bits per heavy atom. The van der Waals surface area contributed by atoms with Crippen LogP contribution in [0.15, 0.2) is 55.1 Å². The molecule has 0 bridgehead atoms. The molecule has 0 aliphatic rings. The summed E-state index contributed by atoms with van der Waals surface area (Å²) in [6, 6.07) is 10.2. The number of ether oxygens (including phenoxy) is 1. The van der Waals surface area contributed by atoms with Crippen LogP contribution in [0.5, 0.6) is 5.75 Å². The van der Waals surface area contributed by atoms with Gasteiger partial charge in [-0.2, -0.15) is 0 Å². The molecule has 0 fully saturated rings. The maximum Gasteiger partial charge on any atom is 0.266 e. The Balaban J connectivity index is 1.55. The van der Waals surface area contributed by atoms with Crippen molar-refractivity contribution in [2.45, 2.75) is 26.8 Å². The lowest BCUT2D eigenvalue weighted by Gasteiger charge is -2.20. The van der Waals surface area contributed by atoms with Crippen molar-refractivity contribution in [3.05, 3.63) is 72.1 Å². The average Bonchev–Trinajstić information content (AvgIpc) is 3.40. The first-order valence-electron chi connectivity index (χ1n) is 10.0. The van der Waals surface area contributed by atoms with E-state index in [1.165, 1.54) is 23.5 Å². The Bertz CT molecular complexity index is 1190. The van der Waals surface area contributed by atoms with Crippen LogP contribution in [0.2, 0.25) is 0 Å². The zero-order valence-corrected chi connectivity index (χ0v) is 18.2. The average molecular weight is 439 g/mol. The Morgan fingerprint density at radius 2 is 2.10 bits per heavy atom. The van der Waals surface area contributed by atoms with Gasteiger partial charge in [0, 0.05) is 25.5 Å². The Hall–Kier alpha value is -3.26. The Kier molecular flexibility index (Phi) is 6.27. The lowest BCUT2D eigenvalue weighted by atomic mass is 10.1. The van der Waals surface area contributed by atoms with Crippen molar-refractivity contribution >= 4 is 32.6 Å². The third kappa shape index (κ3) is 4.91. The summed E-state index contributed by atoms with van der Waals surface area (Å²) in [4.78, 5) is 23.5. The molecule has 0 saturated heterocycles. The number of carbonyl (C=O) groups excluding carboxylic acids is 1. The number of anilines is 1. The van der Waals surface area contributed by atoms with Crippen molar-refractivity contribution in [3.63, 3.8) is 0 Å². The van der Waals surface area contributed by atoms with Gasteiger partial charge in [-0.1, -0.05) is 29.5 Å². The van der Waals surface area contributed by atoms with Crippen molar-refractivity contribution in [2.24, 2.45) is 0 Å². The summed E-state index contributed by atoms with van der Waals surface area (Å²) < 4.78 is 22.4. The summed E-state index contributed by atoms with van der Waals surface area (Å²) in [7, 11) is 0. The highest BCUT2D eigenvalue weighted by atomic mass is 32.1. The van der Waals surface area contributed by atoms with Gasteiger partial charge in [-0.15, -0.1) is 0 Å². The predicted molar refractivity (Wildman–Crippen MR) is 120 cm³/mol. The van der Waals surface area contributed by atoms with Gasteiger partial charge in [-0.25, -0.2) is 14.4 Å². The standard InChI is InChI=1S/C23H23FN4O2S/c1-16-12-17(2)22-19(13-16)26-23(31-22)28(10-5-9-27-11-8-25-15-27)21(29)14-30-20-7-4-3-6-18(20)24/h3-4,6-8,11-13,15H,5,9-10,14H2,1-2H3. The highest BCUT2D eigenvalue weighted by Crippen LogP contribution is 2.32. The second-order valence-corrected chi connectivity index (χ2v) is 8.32. The summed E-state index contributed by atoms with van der Waals surface area (Å²) in [5.74, 6) is -0.694. The summed E-state index contributed by atoms with van der Waals surface area (Å²) in [6.45, 7) is 5.00. The third-order valence-corrected chi connectivity index (χ3v) is 6.12. The Labute approximate surface area is 183 Å². The molecule has 31 heavy (non-hydrogen) atoms. The molecule has 0 saturated carbocycles. The number of benzene rings is 2. The minimum absolute atomic E-state index is 0.0602. The second-order valence-electron chi connectivity index (χ2n) is 7.35. The Morgan fingerprint density at radius 3 is 2.87 bits per heavy atom. The molecule has 6 nitrogen and oxygen atoms in total. The van der Waals surface area contributed by atoms with Crippen molar-refractivity contribution in [3.8, 4) is 5.75 Å². The molecule has 2 aromatic heterocycles. The number of carbonyl (C=O) groups is 1. The summed E-state index contributed by atoms with van der Waals surface area (Å²) in [5.41, 5.74) is 3.13. The minimum atomic E-state index is -0.493. The first-order chi connectivity index (χ1) is 15.0. The number of imidazole rings is 1. The number of thiazole rings is 1. The van der Waals surface area contributed by atoms with Gasteiger partial charge in [0.25, 0.3) is 5.91 Å². The van der Waals surface area contributed by atoms with E-state index in [1.54, 1.807) is 29.6 Å². The van der Waals surface area contributed by atoms with Crippen molar-refractivity contribution in [2.75, 3.05) is 18.1 Å². The van der Waals surface area contributed by atoms with Gasteiger partial charge < -0.3 is 9.30 Å². The van der Waals surface area contributed by atoms with E-state index in [-0.39, 0.29) is 18.3 Å². The molecule has 4 aromatic rings. The lowest BCUT2D eigenvalue weighted by Crippen LogP contribution is -2.36. The van der Waals surface area contributed by atoms with Crippen molar-refractivity contribution < 1.29 is 13.9 Å². The maximum absolute atomic E-state index is 13.9. The van der Waals surface area contributed by atoms with Gasteiger partial charge in [-0.05, 0) is 49.6 Å². The van der Waals surface area contributed by atoms with Crippen LogP contribution in [0.3, 0.4) is 0 Å². The SMILES string of the molecule is Cc1cc(C)c2sc(N(CCCn3ccnc3)C(=O)COc3ccccc3F)nc2c1. The normalized spacial score (nSPS) is 11.1. The van der Waals surface area contributed by atoms with E-state index in [9.17, 15) is 9.18 Å².